The number of carbonyl (C=O) groups is 2. The average Bonchev–Trinajstić information content (AvgIpc) is 3.25. The van der Waals surface area contributed by atoms with Crippen molar-refractivity contribution >= 4 is 17.9 Å². The molecule has 134 valence electrons. The lowest BCUT2D eigenvalue weighted by Crippen LogP contribution is -2.45. The third-order valence-electron chi connectivity index (χ3n) is 4.85. The minimum absolute atomic E-state index is 0.0951. The molecule has 3 N–H and O–H groups in total. The highest BCUT2D eigenvalue weighted by Gasteiger charge is 2.38. The summed E-state index contributed by atoms with van der Waals surface area (Å²) in [5, 5.41) is 9.27. The highest BCUT2D eigenvalue weighted by Crippen LogP contribution is 2.33. The van der Waals surface area contributed by atoms with Crippen LogP contribution in [-0.2, 0) is 4.79 Å². The van der Waals surface area contributed by atoms with Crippen molar-refractivity contribution in [1.29, 1.82) is 0 Å². The highest BCUT2D eigenvalue weighted by molar-refractivity contribution is 6.01. The van der Waals surface area contributed by atoms with Crippen molar-refractivity contribution < 1.29 is 9.59 Å². The summed E-state index contributed by atoms with van der Waals surface area (Å²) in [7, 11) is 0. The Morgan fingerprint density at radius 3 is 2.79 bits per heavy atom. The maximum absolute atomic E-state index is 11.6. The fourth-order valence-corrected chi connectivity index (χ4v) is 3.53. The van der Waals surface area contributed by atoms with Crippen LogP contribution < -0.4 is 16.0 Å². The van der Waals surface area contributed by atoms with Gasteiger partial charge < -0.3 is 16.0 Å². The molecule has 2 unspecified atom stereocenters. The quantitative estimate of drug-likeness (QED) is 0.353. The number of imide groups is 1. The molecule has 0 aromatic rings. The van der Waals surface area contributed by atoms with Gasteiger partial charge in [0.05, 0.1) is 19.6 Å². The topological polar surface area (TPSA) is 89.1 Å². The van der Waals surface area contributed by atoms with Crippen molar-refractivity contribution in [3.05, 3.63) is 0 Å². The van der Waals surface area contributed by atoms with E-state index in [4.69, 9.17) is 0 Å². The van der Waals surface area contributed by atoms with E-state index in [0.717, 1.165) is 31.5 Å². The minimum Gasteiger partial charge on any atom is -0.357 e. The third-order valence-corrected chi connectivity index (χ3v) is 4.85. The van der Waals surface area contributed by atoms with Crippen LogP contribution in [0.15, 0.2) is 4.99 Å². The first-order valence-corrected chi connectivity index (χ1v) is 8.97. The Morgan fingerprint density at radius 2 is 2.17 bits per heavy atom. The number of likely N-dealkylation sites (tertiary alicyclic amines) is 1. The summed E-state index contributed by atoms with van der Waals surface area (Å²) in [6.45, 7) is 6.98. The van der Waals surface area contributed by atoms with Crippen LogP contribution in [0.25, 0.3) is 0 Å². The lowest BCUT2D eigenvalue weighted by Gasteiger charge is -2.20. The number of rotatable bonds is 6. The summed E-state index contributed by atoms with van der Waals surface area (Å²) in [5.74, 6) is 0.581. The molecule has 3 amide bonds. The second-order valence-electron chi connectivity index (χ2n) is 6.82. The maximum Gasteiger partial charge on any atom is 0.324 e. The number of guanidine groups is 1. The van der Waals surface area contributed by atoms with Gasteiger partial charge in [0, 0.05) is 31.2 Å². The number of nitrogens with one attached hydrogen (secondary N) is 3. The summed E-state index contributed by atoms with van der Waals surface area (Å²) in [6, 6.07) is 1.47. The van der Waals surface area contributed by atoms with Gasteiger partial charge in [-0.15, -0.1) is 0 Å². The van der Waals surface area contributed by atoms with E-state index >= 15 is 0 Å². The molecule has 8 heteroatoms. The third kappa shape index (κ3) is 3.98. The van der Waals surface area contributed by atoms with E-state index in [0.29, 0.717) is 25.2 Å². The molecule has 0 spiro atoms. The monoisotopic (exact) mass is 336 g/mol. The van der Waals surface area contributed by atoms with E-state index in [2.05, 4.69) is 32.8 Å². The van der Waals surface area contributed by atoms with Crippen LogP contribution in [0.5, 0.6) is 0 Å². The fraction of sp³-hybridized carbons (Fsp3) is 0.812. The number of urea groups is 1. The summed E-state index contributed by atoms with van der Waals surface area (Å²) in [4.78, 5) is 31.4. The van der Waals surface area contributed by atoms with E-state index in [-0.39, 0.29) is 18.5 Å². The molecule has 0 bridgehead atoms. The van der Waals surface area contributed by atoms with E-state index in [1.165, 1.54) is 17.7 Å². The van der Waals surface area contributed by atoms with Gasteiger partial charge in [-0.1, -0.05) is 0 Å². The van der Waals surface area contributed by atoms with Crippen molar-refractivity contribution in [1.82, 2.24) is 25.8 Å². The molecule has 3 aliphatic rings. The van der Waals surface area contributed by atoms with Gasteiger partial charge in [0.2, 0.25) is 5.91 Å². The number of aliphatic imine (C=N–C) groups is 1. The highest BCUT2D eigenvalue weighted by atomic mass is 16.2. The molecule has 1 saturated carbocycles. The van der Waals surface area contributed by atoms with Crippen LogP contribution >= 0.6 is 0 Å². The zero-order valence-corrected chi connectivity index (χ0v) is 14.5. The standard InChI is InChI=1S/C16H28N6O2/c1-3-17-15(18-6-7-21-14(23)9-19-16(21)24)20-12-8-11(2)22(10-12)13-4-5-13/h11-13H,3-10H2,1-2H3,(H,19,24)(H2,17,18,20). The zero-order chi connectivity index (χ0) is 17.1. The summed E-state index contributed by atoms with van der Waals surface area (Å²) >= 11 is 0. The van der Waals surface area contributed by atoms with Crippen molar-refractivity contribution in [3.63, 3.8) is 0 Å². The molecule has 0 aromatic heterocycles. The van der Waals surface area contributed by atoms with Gasteiger partial charge in [-0.25, -0.2) is 4.79 Å². The smallest absolute Gasteiger partial charge is 0.324 e. The first-order valence-electron chi connectivity index (χ1n) is 8.97. The van der Waals surface area contributed by atoms with Gasteiger partial charge in [0.1, 0.15) is 0 Å². The number of hydrogen-bond acceptors (Lipinski definition) is 4. The number of nitrogens with zero attached hydrogens (tertiary/aromatic N) is 3. The molecule has 2 aliphatic heterocycles. The first-order chi connectivity index (χ1) is 11.6. The summed E-state index contributed by atoms with van der Waals surface area (Å²) in [6.07, 6.45) is 3.78. The predicted molar refractivity (Wildman–Crippen MR) is 91.8 cm³/mol. The molecule has 1 aliphatic carbocycles. The van der Waals surface area contributed by atoms with Crippen molar-refractivity contribution in [3.8, 4) is 0 Å². The van der Waals surface area contributed by atoms with Gasteiger partial charge in [-0.2, -0.15) is 0 Å². The SMILES string of the molecule is CCNC(=NCCN1C(=O)CNC1=O)NC1CC(C)N(C2CC2)C1. The Balaban J connectivity index is 1.50. The summed E-state index contributed by atoms with van der Waals surface area (Å²) in [5.41, 5.74) is 0. The number of carbonyl (C=O) groups excluding carboxylic acids is 2. The first kappa shape index (κ1) is 17.0. The molecule has 0 aromatic carbocycles. The molecule has 0 radical (unpaired) electrons. The molecule has 2 saturated heterocycles. The Labute approximate surface area is 143 Å². The van der Waals surface area contributed by atoms with Crippen LogP contribution in [0.1, 0.15) is 33.1 Å². The molecule has 2 heterocycles. The van der Waals surface area contributed by atoms with Gasteiger partial charge in [-0.05, 0) is 33.1 Å². The normalized spacial score (nSPS) is 28.4. The molecule has 2 atom stereocenters. The second-order valence-corrected chi connectivity index (χ2v) is 6.82. The van der Waals surface area contributed by atoms with Crippen LogP contribution in [0.3, 0.4) is 0 Å². The Hall–Kier alpha value is -1.83. The number of amides is 3. The van der Waals surface area contributed by atoms with E-state index in [1.54, 1.807) is 0 Å². The Morgan fingerprint density at radius 1 is 1.38 bits per heavy atom. The zero-order valence-electron chi connectivity index (χ0n) is 14.5. The summed E-state index contributed by atoms with van der Waals surface area (Å²) < 4.78 is 0. The molecule has 3 fully saturated rings. The largest absolute Gasteiger partial charge is 0.357 e. The van der Waals surface area contributed by atoms with Gasteiger partial charge in [0.25, 0.3) is 0 Å². The van der Waals surface area contributed by atoms with Crippen molar-refractivity contribution in [2.24, 2.45) is 4.99 Å². The maximum atomic E-state index is 11.6. The van der Waals surface area contributed by atoms with Crippen LogP contribution in [0.2, 0.25) is 0 Å². The van der Waals surface area contributed by atoms with Crippen LogP contribution in [0.4, 0.5) is 4.79 Å². The Kier molecular flexibility index (Phi) is 5.23. The van der Waals surface area contributed by atoms with Crippen molar-refractivity contribution in [2.45, 2.75) is 51.2 Å². The molecular weight excluding hydrogens is 308 g/mol. The molecule has 8 nitrogen and oxygen atoms in total. The van der Waals surface area contributed by atoms with Crippen LogP contribution in [0, 0.1) is 0 Å². The average molecular weight is 336 g/mol. The molecule has 3 rings (SSSR count). The Bertz CT molecular complexity index is 503. The van der Waals surface area contributed by atoms with E-state index < -0.39 is 0 Å². The van der Waals surface area contributed by atoms with E-state index in [1.807, 2.05) is 6.92 Å². The van der Waals surface area contributed by atoms with E-state index in [9.17, 15) is 9.59 Å². The van der Waals surface area contributed by atoms with Crippen LogP contribution in [-0.4, -0.2) is 78.5 Å². The molecular formula is C16H28N6O2. The number of hydrogen-bond donors (Lipinski definition) is 3. The fourth-order valence-electron chi connectivity index (χ4n) is 3.53. The minimum atomic E-state index is -0.321. The lowest BCUT2D eigenvalue weighted by atomic mass is 10.2. The van der Waals surface area contributed by atoms with Crippen molar-refractivity contribution in [2.75, 3.05) is 32.7 Å². The van der Waals surface area contributed by atoms with Gasteiger partial charge in [0.15, 0.2) is 5.96 Å². The molecule has 24 heavy (non-hydrogen) atoms. The lowest BCUT2D eigenvalue weighted by molar-refractivity contribution is -0.124. The predicted octanol–water partition coefficient (Wildman–Crippen LogP) is -0.281. The van der Waals surface area contributed by atoms with Gasteiger partial charge >= 0.3 is 6.03 Å². The second kappa shape index (κ2) is 7.38. The van der Waals surface area contributed by atoms with Gasteiger partial charge in [-0.3, -0.25) is 19.6 Å².